The maximum Gasteiger partial charge on any atom is -0.0157 e. The van der Waals surface area contributed by atoms with E-state index in [1.807, 2.05) is 72.5 Å². The zero-order valence-corrected chi connectivity index (χ0v) is 13.0. The summed E-state index contributed by atoms with van der Waals surface area (Å²) in [6.45, 7) is 0. The lowest BCUT2D eigenvalue weighted by molar-refractivity contribution is -0.243. The molecular weight excluding hydrogens is 287 g/mol. The van der Waals surface area contributed by atoms with Gasteiger partial charge >= 0.3 is 0 Å². The van der Waals surface area contributed by atoms with Gasteiger partial charge in [-0.15, -0.1) is 5.76 Å². The lowest BCUT2D eigenvalue weighted by atomic mass is 10.2. The first-order valence-corrected chi connectivity index (χ1v) is 8.59. The lowest BCUT2D eigenvalue weighted by Crippen LogP contribution is -2.12. The van der Waals surface area contributed by atoms with Crippen molar-refractivity contribution in [2.75, 3.05) is 0 Å². The standard InChI is InChI=1S/C20H17OP/c21-20(17-10-4-1-5-11-17)16-22(18-12-6-2-7-13-18)19-14-8-3-9-15-19/h1-16,21H/p-1/b20-16-. The van der Waals surface area contributed by atoms with E-state index in [2.05, 4.69) is 24.3 Å². The summed E-state index contributed by atoms with van der Waals surface area (Å²) in [5, 5.41) is 14.9. The van der Waals surface area contributed by atoms with E-state index >= 15 is 0 Å². The fraction of sp³-hybridized carbons (Fsp3) is 0. The summed E-state index contributed by atoms with van der Waals surface area (Å²) in [5.74, 6) is 1.95. The van der Waals surface area contributed by atoms with Gasteiger partial charge in [-0.2, -0.15) is 0 Å². The molecule has 0 aliphatic heterocycles. The monoisotopic (exact) mass is 303 g/mol. The van der Waals surface area contributed by atoms with Crippen LogP contribution in [-0.2, 0) is 0 Å². The first kappa shape index (κ1) is 14.6. The fourth-order valence-corrected chi connectivity index (χ4v) is 4.24. The van der Waals surface area contributed by atoms with Crippen LogP contribution in [-0.4, -0.2) is 0 Å². The average Bonchev–Trinajstić information content (AvgIpc) is 2.62. The maximum atomic E-state index is 12.6. The first-order chi connectivity index (χ1) is 10.8. The van der Waals surface area contributed by atoms with Crippen molar-refractivity contribution < 1.29 is 5.11 Å². The van der Waals surface area contributed by atoms with Crippen molar-refractivity contribution in [2.24, 2.45) is 0 Å². The predicted octanol–water partition coefficient (Wildman–Crippen LogP) is 3.48. The van der Waals surface area contributed by atoms with Crippen LogP contribution in [0.15, 0.2) is 96.8 Å². The molecule has 2 heteroatoms. The molecule has 0 atom stereocenters. The Kier molecular flexibility index (Phi) is 4.68. The van der Waals surface area contributed by atoms with E-state index in [-0.39, 0.29) is 5.76 Å². The fourth-order valence-electron chi connectivity index (χ4n) is 2.27. The van der Waals surface area contributed by atoms with Crippen LogP contribution in [0.3, 0.4) is 0 Å². The zero-order chi connectivity index (χ0) is 15.2. The second kappa shape index (κ2) is 7.06. The van der Waals surface area contributed by atoms with Crippen LogP contribution in [0, 0.1) is 0 Å². The minimum absolute atomic E-state index is 0.0828. The van der Waals surface area contributed by atoms with Crippen LogP contribution in [0.4, 0.5) is 0 Å². The molecule has 0 spiro atoms. The quantitative estimate of drug-likeness (QED) is 0.534. The Morgan fingerprint density at radius 3 is 1.50 bits per heavy atom. The van der Waals surface area contributed by atoms with Gasteiger partial charge < -0.3 is 5.11 Å². The van der Waals surface area contributed by atoms with E-state index in [0.29, 0.717) is 0 Å². The summed E-state index contributed by atoms with van der Waals surface area (Å²) in [6.07, 6.45) is 0. The molecule has 0 N–H and O–H groups in total. The van der Waals surface area contributed by atoms with Crippen molar-refractivity contribution >= 4 is 24.3 Å². The zero-order valence-electron chi connectivity index (χ0n) is 12.1. The third kappa shape index (κ3) is 3.44. The van der Waals surface area contributed by atoms with E-state index < -0.39 is 7.92 Å². The molecule has 0 amide bonds. The van der Waals surface area contributed by atoms with Crippen molar-refractivity contribution in [3.05, 3.63) is 102 Å². The highest BCUT2D eigenvalue weighted by molar-refractivity contribution is 7.76. The van der Waals surface area contributed by atoms with E-state index in [9.17, 15) is 5.11 Å². The van der Waals surface area contributed by atoms with Crippen LogP contribution in [0.25, 0.3) is 5.76 Å². The molecule has 0 bridgehead atoms. The lowest BCUT2D eigenvalue weighted by Gasteiger charge is -2.20. The summed E-state index contributed by atoms with van der Waals surface area (Å²) in [4.78, 5) is 0. The second-order valence-corrected chi connectivity index (χ2v) is 6.93. The highest BCUT2D eigenvalue weighted by Crippen LogP contribution is 2.37. The van der Waals surface area contributed by atoms with Crippen molar-refractivity contribution in [3.63, 3.8) is 0 Å². The van der Waals surface area contributed by atoms with Crippen LogP contribution in [0.2, 0.25) is 0 Å². The largest absolute Gasteiger partial charge is 0.872 e. The van der Waals surface area contributed by atoms with Crippen LogP contribution >= 0.6 is 7.92 Å². The van der Waals surface area contributed by atoms with Crippen molar-refractivity contribution in [2.45, 2.75) is 0 Å². The Labute approximate surface area is 132 Å². The first-order valence-electron chi connectivity index (χ1n) is 7.18. The van der Waals surface area contributed by atoms with Gasteiger partial charge in [-0.3, -0.25) is 0 Å². The molecule has 0 radical (unpaired) electrons. The summed E-state index contributed by atoms with van der Waals surface area (Å²) in [7, 11) is -0.788. The van der Waals surface area contributed by atoms with Crippen molar-refractivity contribution in [1.29, 1.82) is 0 Å². The Balaban J connectivity index is 2.03. The second-order valence-electron chi connectivity index (χ2n) is 4.90. The van der Waals surface area contributed by atoms with Gasteiger partial charge in [0.2, 0.25) is 0 Å². The van der Waals surface area contributed by atoms with E-state index in [1.165, 1.54) is 10.6 Å². The van der Waals surface area contributed by atoms with Gasteiger partial charge in [0, 0.05) is 0 Å². The highest BCUT2D eigenvalue weighted by Gasteiger charge is 2.10. The molecule has 0 saturated heterocycles. The molecule has 1 nitrogen and oxygen atoms in total. The molecule has 0 fully saturated rings. The normalized spacial score (nSPS) is 11.6. The Morgan fingerprint density at radius 1 is 0.636 bits per heavy atom. The minimum atomic E-state index is -0.788. The van der Waals surface area contributed by atoms with Gasteiger partial charge in [-0.05, 0) is 24.1 Å². The minimum Gasteiger partial charge on any atom is -0.872 e. The molecule has 0 aliphatic rings. The summed E-state index contributed by atoms with van der Waals surface area (Å²) >= 11 is 0. The van der Waals surface area contributed by atoms with E-state index in [4.69, 9.17) is 0 Å². The van der Waals surface area contributed by atoms with Gasteiger partial charge in [0.25, 0.3) is 0 Å². The van der Waals surface area contributed by atoms with Crippen LogP contribution in [0.1, 0.15) is 5.56 Å². The van der Waals surface area contributed by atoms with Crippen LogP contribution < -0.4 is 15.7 Å². The predicted molar refractivity (Wildman–Crippen MR) is 93.5 cm³/mol. The molecule has 3 rings (SSSR count). The average molecular weight is 303 g/mol. The number of hydrogen-bond acceptors (Lipinski definition) is 1. The van der Waals surface area contributed by atoms with Gasteiger partial charge in [0.1, 0.15) is 0 Å². The van der Waals surface area contributed by atoms with Gasteiger partial charge in [0.05, 0.1) is 0 Å². The topological polar surface area (TPSA) is 23.1 Å². The summed E-state index contributed by atoms with van der Waals surface area (Å²) in [6, 6.07) is 29.9. The van der Waals surface area contributed by atoms with Crippen molar-refractivity contribution in [1.82, 2.24) is 0 Å². The van der Waals surface area contributed by atoms with Crippen LogP contribution in [0.5, 0.6) is 0 Å². The molecule has 22 heavy (non-hydrogen) atoms. The van der Waals surface area contributed by atoms with Gasteiger partial charge in [0.15, 0.2) is 0 Å². The molecule has 0 saturated carbocycles. The van der Waals surface area contributed by atoms with Crippen molar-refractivity contribution in [3.8, 4) is 0 Å². The molecule has 0 aliphatic carbocycles. The molecule has 3 aromatic carbocycles. The van der Waals surface area contributed by atoms with Gasteiger partial charge in [-0.1, -0.05) is 96.8 Å². The SMILES string of the molecule is [O-]/C(=C\P(c1ccccc1)c1ccccc1)c1ccccc1. The molecule has 0 unspecified atom stereocenters. The third-order valence-electron chi connectivity index (χ3n) is 3.37. The number of rotatable bonds is 4. The highest BCUT2D eigenvalue weighted by atomic mass is 31.1. The molecule has 0 heterocycles. The molecular formula is C20H16OP-. The molecule has 0 aromatic heterocycles. The maximum absolute atomic E-state index is 12.6. The summed E-state index contributed by atoms with van der Waals surface area (Å²) < 4.78 is 0. The Bertz CT molecular complexity index is 697. The van der Waals surface area contributed by atoms with Gasteiger partial charge in [-0.25, -0.2) is 0 Å². The molecule has 3 aromatic rings. The van der Waals surface area contributed by atoms with E-state index in [1.54, 1.807) is 0 Å². The number of benzene rings is 3. The Morgan fingerprint density at radius 2 is 1.05 bits per heavy atom. The Hall–Kier alpha value is -2.37. The van der Waals surface area contributed by atoms with E-state index in [0.717, 1.165) is 5.56 Å². The number of hydrogen-bond donors (Lipinski definition) is 0. The molecule has 108 valence electrons. The summed E-state index contributed by atoms with van der Waals surface area (Å²) in [5.41, 5.74) is 0.738. The third-order valence-corrected chi connectivity index (χ3v) is 5.58. The smallest absolute Gasteiger partial charge is 0.0157 e.